The smallest absolute Gasteiger partial charge is 0.297 e. The van der Waals surface area contributed by atoms with E-state index in [4.69, 9.17) is 10.8 Å². The van der Waals surface area contributed by atoms with Crippen LogP contribution < -0.4 is 5.73 Å². The molecular weight excluding hydrogens is 206 g/mol. The molecule has 14 heavy (non-hydrogen) atoms. The predicted molar refractivity (Wildman–Crippen MR) is 51.3 cm³/mol. The fourth-order valence-corrected chi connectivity index (χ4v) is 1.86. The standard InChI is InChI=1S/C8H11NO4S/c1-2-13-14(11,12)6-3-4-8(10)7(9)5-6/h3-5,10H,2,9H2,1H3. The van der Waals surface area contributed by atoms with Gasteiger partial charge in [-0.3, -0.25) is 4.18 Å². The molecule has 0 saturated carbocycles. The van der Waals surface area contributed by atoms with Crippen molar-refractivity contribution < 1.29 is 17.7 Å². The molecule has 78 valence electrons. The highest BCUT2D eigenvalue weighted by atomic mass is 32.2. The summed E-state index contributed by atoms with van der Waals surface area (Å²) in [6, 6.07) is 3.60. The minimum absolute atomic E-state index is 0.00535. The van der Waals surface area contributed by atoms with Gasteiger partial charge in [-0.2, -0.15) is 8.42 Å². The zero-order valence-corrected chi connectivity index (χ0v) is 8.41. The van der Waals surface area contributed by atoms with Crippen molar-refractivity contribution in [1.29, 1.82) is 0 Å². The Morgan fingerprint density at radius 1 is 1.50 bits per heavy atom. The van der Waals surface area contributed by atoms with Gasteiger partial charge in [-0.25, -0.2) is 0 Å². The van der Waals surface area contributed by atoms with Gasteiger partial charge in [-0.1, -0.05) is 0 Å². The van der Waals surface area contributed by atoms with E-state index in [1.807, 2.05) is 0 Å². The van der Waals surface area contributed by atoms with Crippen molar-refractivity contribution in [2.45, 2.75) is 11.8 Å². The molecule has 6 heteroatoms. The van der Waals surface area contributed by atoms with E-state index in [2.05, 4.69) is 4.18 Å². The summed E-state index contributed by atoms with van der Waals surface area (Å²) in [7, 11) is -3.74. The summed E-state index contributed by atoms with van der Waals surface area (Å²) in [5.41, 5.74) is 5.35. The monoisotopic (exact) mass is 217 g/mol. The molecule has 3 N–H and O–H groups in total. The first-order valence-corrected chi connectivity index (χ1v) is 5.36. The lowest BCUT2D eigenvalue weighted by Crippen LogP contribution is -2.06. The molecule has 0 aliphatic rings. The molecule has 0 atom stereocenters. The number of nitrogens with two attached hydrogens (primary N) is 1. The molecule has 0 heterocycles. The van der Waals surface area contributed by atoms with Crippen LogP contribution in [0, 0.1) is 0 Å². The second-order valence-corrected chi connectivity index (χ2v) is 4.20. The molecule has 0 spiro atoms. The normalized spacial score (nSPS) is 11.5. The van der Waals surface area contributed by atoms with Gasteiger partial charge in [0, 0.05) is 0 Å². The number of benzene rings is 1. The van der Waals surface area contributed by atoms with Gasteiger partial charge in [0.1, 0.15) is 5.75 Å². The number of rotatable bonds is 3. The Morgan fingerprint density at radius 3 is 2.64 bits per heavy atom. The van der Waals surface area contributed by atoms with Crippen molar-refractivity contribution in [2.75, 3.05) is 12.3 Å². The van der Waals surface area contributed by atoms with Crippen LogP contribution in [0.1, 0.15) is 6.92 Å². The molecule has 0 fully saturated rings. The molecule has 0 aliphatic heterocycles. The van der Waals surface area contributed by atoms with Gasteiger partial charge in [-0.15, -0.1) is 0 Å². The van der Waals surface area contributed by atoms with Crippen molar-refractivity contribution in [2.24, 2.45) is 0 Å². The lowest BCUT2D eigenvalue weighted by Gasteiger charge is -2.04. The van der Waals surface area contributed by atoms with Crippen LogP contribution in [0.5, 0.6) is 5.75 Å². The number of hydrogen-bond acceptors (Lipinski definition) is 5. The average Bonchev–Trinajstić information content (AvgIpc) is 2.09. The first kappa shape index (κ1) is 10.8. The number of aromatic hydroxyl groups is 1. The van der Waals surface area contributed by atoms with Crippen molar-refractivity contribution >= 4 is 15.8 Å². The molecule has 0 bridgehead atoms. The minimum Gasteiger partial charge on any atom is -0.506 e. The zero-order chi connectivity index (χ0) is 10.8. The Morgan fingerprint density at radius 2 is 2.14 bits per heavy atom. The van der Waals surface area contributed by atoms with Gasteiger partial charge in [0.15, 0.2) is 0 Å². The predicted octanol–water partition coefficient (Wildman–Crippen LogP) is 0.700. The van der Waals surface area contributed by atoms with Crippen molar-refractivity contribution in [3.05, 3.63) is 18.2 Å². The van der Waals surface area contributed by atoms with E-state index in [9.17, 15) is 8.42 Å². The quantitative estimate of drug-likeness (QED) is 0.442. The molecule has 0 saturated heterocycles. The average molecular weight is 217 g/mol. The summed E-state index contributed by atoms with van der Waals surface area (Å²) in [4.78, 5) is -0.0605. The summed E-state index contributed by atoms with van der Waals surface area (Å²) in [5, 5.41) is 9.08. The lowest BCUT2D eigenvalue weighted by atomic mass is 10.3. The SMILES string of the molecule is CCOS(=O)(=O)c1ccc(O)c(N)c1. The van der Waals surface area contributed by atoms with Crippen LogP contribution in [-0.2, 0) is 14.3 Å². The topological polar surface area (TPSA) is 89.6 Å². The van der Waals surface area contributed by atoms with Gasteiger partial charge in [0.2, 0.25) is 0 Å². The third kappa shape index (κ3) is 2.15. The maximum atomic E-state index is 11.3. The molecule has 1 rings (SSSR count). The third-order valence-corrected chi connectivity index (χ3v) is 2.94. The zero-order valence-electron chi connectivity index (χ0n) is 7.60. The number of phenolic OH excluding ortho intramolecular Hbond substituents is 1. The fourth-order valence-electron chi connectivity index (χ4n) is 0.911. The number of hydrogen-bond donors (Lipinski definition) is 2. The van der Waals surface area contributed by atoms with E-state index >= 15 is 0 Å². The number of anilines is 1. The summed E-state index contributed by atoms with van der Waals surface area (Å²) in [6.45, 7) is 1.63. The molecule has 0 aliphatic carbocycles. The fraction of sp³-hybridized carbons (Fsp3) is 0.250. The molecule has 1 aromatic carbocycles. The minimum atomic E-state index is -3.74. The van der Waals surface area contributed by atoms with Gasteiger partial charge < -0.3 is 10.8 Å². The van der Waals surface area contributed by atoms with Crippen LogP contribution in [0.3, 0.4) is 0 Å². The highest BCUT2D eigenvalue weighted by molar-refractivity contribution is 7.86. The Bertz CT molecular complexity index is 427. The molecule has 0 amide bonds. The van der Waals surface area contributed by atoms with Gasteiger partial charge in [-0.05, 0) is 25.1 Å². The second-order valence-electron chi connectivity index (χ2n) is 2.58. The Kier molecular flexibility index (Phi) is 2.97. The lowest BCUT2D eigenvalue weighted by molar-refractivity contribution is 0.338. The van der Waals surface area contributed by atoms with E-state index in [1.165, 1.54) is 12.1 Å². The van der Waals surface area contributed by atoms with E-state index in [-0.39, 0.29) is 22.9 Å². The molecule has 0 unspecified atom stereocenters. The van der Waals surface area contributed by atoms with Crippen molar-refractivity contribution in [1.82, 2.24) is 0 Å². The van der Waals surface area contributed by atoms with Crippen molar-refractivity contribution in [3.63, 3.8) is 0 Å². The van der Waals surface area contributed by atoms with Crippen LogP contribution in [0.4, 0.5) is 5.69 Å². The highest BCUT2D eigenvalue weighted by Gasteiger charge is 2.15. The maximum Gasteiger partial charge on any atom is 0.297 e. The largest absolute Gasteiger partial charge is 0.506 e. The van der Waals surface area contributed by atoms with Gasteiger partial charge >= 0.3 is 0 Å². The van der Waals surface area contributed by atoms with Gasteiger partial charge in [0.25, 0.3) is 10.1 Å². The van der Waals surface area contributed by atoms with E-state index < -0.39 is 10.1 Å². The Hall–Kier alpha value is -1.27. The summed E-state index contributed by atoms with van der Waals surface area (Å²) in [5.74, 6) is -0.152. The summed E-state index contributed by atoms with van der Waals surface area (Å²) >= 11 is 0. The molecular formula is C8H11NO4S. The molecule has 0 radical (unpaired) electrons. The Balaban J connectivity index is 3.15. The first-order valence-electron chi connectivity index (χ1n) is 3.95. The third-order valence-electron chi connectivity index (χ3n) is 1.56. The summed E-state index contributed by atoms with van der Waals surface area (Å²) < 4.78 is 27.2. The Labute approximate surface area is 82.2 Å². The molecule has 0 aromatic heterocycles. The van der Waals surface area contributed by atoms with Crippen LogP contribution in [0.2, 0.25) is 0 Å². The van der Waals surface area contributed by atoms with Crippen molar-refractivity contribution in [3.8, 4) is 5.75 Å². The van der Waals surface area contributed by atoms with Crippen LogP contribution in [-0.4, -0.2) is 20.1 Å². The van der Waals surface area contributed by atoms with Gasteiger partial charge in [0.05, 0.1) is 17.2 Å². The first-order chi connectivity index (χ1) is 6.47. The summed E-state index contributed by atoms with van der Waals surface area (Å²) in [6.07, 6.45) is 0. The van der Waals surface area contributed by atoms with Crippen LogP contribution >= 0.6 is 0 Å². The number of phenols is 1. The van der Waals surface area contributed by atoms with E-state index in [1.54, 1.807) is 6.92 Å². The number of nitrogen functional groups attached to an aromatic ring is 1. The van der Waals surface area contributed by atoms with E-state index in [0.717, 1.165) is 6.07 Å². The second kappa shape index (κ2) is 3.85. The van der Waals surface area contributed by atoms with Crippen LogP contribution in [0.25, 0.3) is 0 Å². The highest BCUT2D eigenvalue weighted by Crippen LogP contribution is 2.23. The van der Waals surface area contributed by atoms with Crippen LogP contribution in [0.15, 0.2) is 23.1 Å². The van der Waals surface area contributed by atoms with E-state index in [0.29, 0.717) is 0 Å². The molecule has 5 nitrogen and oxygen atoms in total. The molecule has 1 aromatic rings. The maximum absolute atomic E-state index is 11.3.